The molecule has 0 aliphatic rings. The Hall–Kier alpha value is -1.55. The van der Waals surface area contributed by atoms with Gasteiger partial charge in [-0.25, -0.2) is 0 Å². The Morgan fingerprint density at radius 3 is 2.80 bits per heavy atom. The van der Waals surface area contributed by atoms with Crippen LogP contribution in [0, 0.1) is 5.92 Å². The van der Waals surface area contributed by atoms with Gasteiger partial charge in [-0.1, -0.05) is 26.0 Å². The Morgan fingerprint density at radius 2 is 2.10 bits per heavy atom. The fourth-order valence-electron chi connectivity index (χ4n) is 1.86. The number of ether oxygens (including phenoxy) is 1. The fraction of sp³-hybridized carbons (Fsp3) is 0.562. The molecule has 0 aromatic heterocycles. The van der Waals surface area contributed by atoms with E-state index in [1.165, 1.54) is 5.56 Å². The van der Waals surface area contributed by atoms with Crippen molar-refractivity contribution in [3.05, 3.63) is 29.8 Å². The maximum absolute atomic E-state index is 11.6. The summed E-state index contributed by atoms with van der Waals surface area (Å²) in [5.41, 5.74) is 1.17. The maximum atomic E-state index is 11.6. The van der Waals surface area contributed by atoms with E-state index in [1.54, 1.807) is 7.11 Å². The Bertz CT molecular complexity index is 405. The lowest BCUT2D eigenvalue weighted by atomic mass is 10.1. The highest BCUT2D eigenvalue weighted by atomic mass is 16.5. The number of methoxy groups -OCH3 is 1. The summed E-state index contributed by atoms with van der Waals surface area (Å²) in [6.45, 7) is 6.67. The molecule has 0 atom stereocenters. The molecule has 0 bridgehead atoms. The first-order chi connectivity index (χ1) is 9.61. The molecule has 20 heavy (non-hydrogen) atoms. The van der Waals surface area contributed by atoms with Gasteiger partial charge in [0.05, 0.1) is 7.11 Å². The number of amides is 1. The number of carbonyl (C=O) groups excluding carboxylic acids is 1. The minimum Gasteiger partial charge on any atom is -0.497 e. The third-order valence-corrected chi connectivity index (χ3v) is 2.95. The van der Waals surface area contributed by atoms with E-state index in [2.05, 4.69) is 24.5 Å². The number of benzene rings is 1. The molecule has 0 saturated heterocycles. The fourth-order valence-corrected chi connectivity index (χ4v) is 1.86. The van der Waals surface area contributed by atoms with Crippen LogP contribution in [0.3, 0.4) is 0 Å². The molecule has 1 rings (SSSR count). The Kier molecular flexibility index (Phi) is 7.73. The lowest BCUT2D eigenvalue weighted by Crippen LogP contribution is -2.30. The molecule has 0 heterocycles. The SMILES string of the molecule is COc1cccc(CCNC(=O)CCNCC(C)C)c1. The third kappa shape index (κ3) is 7.14. The van der Waals surface area contributed by atoms with Crippen LogP contribution in [0.4, 0.5) is 0 Å². The van der Waals surface area contributed by atoms with Crippen molar-refractivity contribution in [3.8, 4) is 5.75 Å². The van der Waals surface area contributed by atoms with Crippen molar-refractivity contribution in [2.24, 2.45) is 5.92 Å². The van der Waals surface area contributed by atoms with Crippen LogP contribution in [0.15, 0.2) is 24.3 Å². The van der Waals surface area contributed by atoms with Crippen LogP contribution in [-0.2, 0) is 11.2 Å². The summed E-state index contributed by atoms with van der Waals surface area (Å²) in [7, 11) is 1.66. The lowest BCUT2D eigenvalue weighted by molar-refractivity contribution is -0.120. The molecule has 4 nitrogen and oxygen atoms in total. The van der Waals surface area contributed by atoms with E-state index in [-0.39, 0.29) is 5.91 Å². The van der Waals surface area contributed by atoms with Crippen LogP contribution in [0.25, 0.3) is 0 Å². The molecule has 112 valence electrons. The molecular weight excluding hydrogens is 252 g/mol. The predicted molar refractivity (Wildman–Crippen MR) is 82.0 cm³/mol. The van der Waals surface area contributed by atoms with Crippen molar-refractivity contribution in [1.29, 1.82) is 0 Å². The summed E-state index contributed by atoms with van der Waals surface area (Å²) in [6.07, 6.45) is 1.35. The van der Waals surface area contributed by atoms with E-state index in [0.717, 1.165) is 25.3 Å². The van der Waals surface area contributed by atoms with E-state index in [9.17, 15) is 4.79 Å². The second kappa shape index (κ2) is 9.37. The Balaban J connectivity index is 2.15. The van der Waals surface area contributed by atoms with Gasteiger partial charge < -0.3 is 15.4 Å². The van der Waals surface area contributed by atoms with Gasteiger partial charge in [0.1, 0.15) is 5.75 Å². The second-order valence-corrected chi connectivity index (χ2v) is 5.30. The maximum Gasteiger partial charge on any atom is 0.221 e. The van der Waals surface area contributed by atoms with Gasteiger partial charge >= 0.3 is 0 Å². The van der Waals surface area contributed by atoms with Crippen molar-refractivity contribution < 1.29 is 9.53 Å². The van der Waals surface area contributed by atoms with Crippen LogP contribution in [0.5, 0.6) is 5.75 Å². The van der Waals surface area contributed by atoms with Gasteiger partial charge in [-0.15, -0.1) is 0 Å². The van der Waals surface area contributed by atoms with Crippen molar-refractivity contribution >= 4 is 5.91 Å². The van der Waals surface area contributed by atoms with E-state index in [1.807, 2.05) is 24.3 Å². The third-order valence-electron chi connectivity index (χ3n) is 2.95. The monoisotopic (exact) mass is 278 g/mol. The molecule has 1 aromatic carbocycles. The van der Waals surface area contributed by atoms with Crippen LogP contribution >= 0.6 is 0 Å². The summed E-state index contributed by atoms with van der Waals surface area (Å²) in [5, 5.41) is 6.20. The average molecular weight is 278 g/mol. The van der Waals surface area contributed by atoms with E-state index < -0.39 is 0 Å². The number of hydrogen-bond acceptors (Lipinski definition) is 3. The zero-order valence-corrected chi connectivity index (χ0v) is 12.7. The van der Waals surface area contributed by atoms with Gasteiger partial charge in [0.2, 0.25) is 5.91 Å². The van der Waals surface area contributed by atoms with Crippen molar-refractivity contribution in [3.63, 3.8) is 0 Å². The molecule has 0 saturated carbocycles. The average Bonchev–Trinajstić information content (AvgIpc) is 2.43. The zero-order chi connectivity index (χ0) is 14.8. The Labute approximate surface area is 121 Å². The number of carbonyl (C=O) groups is 1. The molecule has 0 radical (unpaired) electrons. The largest absolute Gasteiger partial charge is 0.497 e. The zero-order valence-electron chi connectivity index (χ0n) is 12.7. The molecule has 0 aliphatic carbocycles. The van der Waals surface area contributed by atoms with Crippen molar-refractivity contribution in [1.82, 2.24) is 10.6 Å². The summed E-state index contributed by atoms with van der Waals surface area (Å²) in [6, 6.07) is 7.92. The summed E-state index contributed by atoms with van der Waals surface area (Å²) >= 11 is 0. The highest BCUT2D eigenvalue weighted by Gasteiger charge is 2.02. The van der Waals surface area contributed by atoms with E-state index >= 15 is 0 Å². The van der Waals surface area contributed by atoms with Crippen LogP contribution in [-0.4, -0.2) is 32.7 Å². The minimum absolute atomic E-state index is 0.101. The second-order valence-electron chi connectivity index (χ2n) is 5.30. The quantitative estimate of drug-likeness (QED) is 0.679. The van der Waals surface area contributed by atoms with Crippen LogP contribution < -0.4 is 15.4 Å². The molecular formula is C16H26N2O2. The number of rotatable bonds is 9. The minimum atomic E-state index is 0.101. The molecule has 1 amide bonds. The summed E-state index contributed by atoms with van der Waals surface area (Å²) in [4.78, 5) is 11.6. The predicted octanol–water partition coefficient (Wildman–Crippen LogP) is 1.99. The van der Waals surface area contributed by atoms with Crippen LogP contribution in [0.1, 0.15) is 25.8 Å². The van der Waals surface area contributed by atoms with Gasteiger partial charge in [-0.2, -0.15) is 0 Å². The number of hydrogen-bond donors (Lipinski definition) is 2. The first kappa shape index (κ1) is 16.5. The molecule has 2 N–H and O–H groups in total. The standard InChI is InChI=1S/C16H26N2O2/c1-13(2)12-17-9-8-16(19)18-10-7-14-5-4-6-15(11-14)20-3/h4-6,11,13,17H,7-10,12H2,1-3H3,(H,18,19). The van der Waals surface area contributed by atoms with Crippen LogP contribution in [0.2, 0.25) is 0 Å². The summed E-state index contributed by atoms with van der Waals surface area (Å²) in [5.74, 6) is 1.57. The summed E-state index contributed by atoms with van der Waals surface area (Å²) < 4.78 is 5.17. The molecule has 1 aromatic rings. The van der Waals surface area contributed by atoms with Gasteiger partial charge in [0, 0.05) is 19.5 Å². The Morgan fingerprint density at radius 1 is 1.30 bits per heavy atom. The van der Waals surface area contributed by atoms with Crippen molar-refractivity contribution in [2.75, 3.05) is 26.7 Å². The molecule has 0 unspecified atom stereocenters. The first-order valence-corrected chi connectivity index (χ1v) is 7.22. The van der Waals surface area contributed by atoms with E-state index in [4.69, 9.17) is 4.74 Å². The van der Waals surface area contributed by atoms with Gasteiger partial charge in [-0.05, 0) is 36.6 Å². The van der Waals surface area contributed by atoms with Crippen molar-refractivity contribution in [2.45, 2.75) is 26.7 Å². The highest BCUT2D eigenvalue weighted by molar-refractivity contribution is 5.76. The molecule has 4 heteroatoms. The highest BCUT2D eigenvalue weighted by Crippen LogP contribution is 2.12. The topological polar surface area (TPSA) is 50.4 Å². The van der Waals surface area contributed by atoms with Gasteiger partial charge in [-0.3, -0.25) is 4.79 Å². The molecule has 0 aliphatic heterocycles. The smallest absolute Gasteiger partial charge is 0.221 e. The van der Waals surface area contributed by atoms with Gasteiger partial charge in [0.25, 0.3) is 0 Å². The first-order valence-electron chi connectivity index (χ1n) is 7.22. The normalized spacial score (nSPS) is 10.6. The van der Waals surface area contributed by atoms with Gasteiger partial charge in [0.15, 0.2) is 0 Å². The number of nitrogens with one attached hydrogen (secondary N) is 2. The van der Waals surface area contributed by atoms with E-state index in [0.29, 0.717) is 18.9 Å². The molecule has 0 fully saturated rings. The lowest BCUT2D eigenvalue weighted by Gasteiger charge is -2.08. The molecule has 0 spiro atoms.